The van der Waals surface area contributed by atoms with Crippen LogP contribution in [0, 0.1) is 17.2 Å². The van der Waals surface area contributed by atoms with E-state index in [4.69, 9.17) is 25.5 Å². The number of aliphatic carboxylic acids is 2. The zero-order chi connectivity index (χ0) is 44.2. The van der Waals surface area contributed by atoms with Gasteiger partial charge in [0, 0.05) is 44.7 Å². The van der Waals surface area contributed by atoms with Gasteiger partial charge < -0.3 is 41.7 Å². The molecule has 3 atom stereocenters. The molecule has 3 aliphatic rings. The summed E-state index contributed by atoms with van der Waals surface area (Å²) < 4.78 is 77.1. The lowest BCUT2D eigenvalue weighted by Gasteiger charge is -2.48. The van der Waals surface area contributed by atoms with E-state index in [-0.39, 0.29) is 53.9 Å². The van der Waals surface area contributed by atoms with Gasteiger partial charge >= 0.3 is 24.3 Å². The number of benzene rings is 1. The third-order valence-corrected chi connectivity index (χ3v) is 9.94. The maximum atomic E-state index is 14.1. The zero-order valence-electron chi connectivity index (χ0n) is 32.8. The number of piperazine rings is 1. The summed E-state index contributed by atoms with van der Waals surface area (Å²) in [6.07, 6.45) is -3.37. The van der Waals surface area contributed by atoms with Gasteiger partial charge in [0.05, 0.1) is 11.5 Å². The monoisotopic (exact) mass is 842 g/mol. The molecule has 0 spiro atoms. The number of hydrogen-bond acceptors (Lipinski definition) is 8. The number of likely N-dealkylation sites (tertiary alicyclic amines) is 1. The van der Waals surface area contributed by atoms with Crippen LogP contribution in [0.1, 0.15) is 78.2 Å². The standard InChI is InChI=1S/C33H51FN6O4.2C2HF3O2/c1-22(35)29(42)40-19-16-36-27(21-40)28(41)37-26(20-23-10-12-25(34)13-11-23)30(43)39-17-14-33(15-18-39,24-8-6-5-7-9-24)31(44)38-32(2,3)4;2*3-2(4,5)1(6)7/h10-13,22,24,26-27,36H,5-9,14-21,35H2,1-4H3,(H,37,41)(H,38,44);2*(H,6,7)/t22-,26+,27-;;/m0../s1. The highest BCUT2D eigenvalue weighted by Gasteiger charge is 2.49. The van der Waals surface area contributed by atoms with Gasteiger partial charge in [-0.1, -0.05) is 31.4 Å². The van der Waals surface area contributed by atoms with Crippen molar-refractivity contribution in [1.29, 1.82) is 0 Å². The topological polar surface area (TPSA) is 211 Å². The molecule has 14 nitrogen and oxygen atoms in total. The molecule has 1 aliphatic carbocycles. The number of carbonyl (C=O) groups excluding carboxylic acids is 4. The molecule has 1 aromatic carbocycles. The minimum absolute atomic E-state index is 0.0782. The van der Waals surface area contributed by atoms with Crippen LogP contribution >= 0.6 is 0 Å². The van der Waals surface area contributed by atoms with Crippen LogP contribution in [0.15, 0.2) is 24.3 Å². The predicted octanol–water partition coefficient (Wildman–Crippen LogP) is 3.37. The summed E-state index contributed by atoms with van der Waals surface area (Å²) in [6.45, 7) is 9.46. The Morgan fingerprint density at radius 2 is 1.34 bits per heavy atom. The Labute approximate surface area is 331 Å². The largest absolute Gasteiger partial charge is 0.490 e. The number of halogens is 7. The minimum atomic E-state index is -5.08. The van der Waals surface area contributed by atoms with Crippen molar-refractivity contribution in [3.05, 3.63) is 35.6 Å². The summed E-state index contributed by atoms with van der Waals surface area (Å²) in [6, 6.07) is 3.65. The average Bonchev–Trinajstić information content (AvgIpc) is 3.14. The Kier molecular flexibility index (Phi) is 17.9. The summed E-state index contributed by atoms with van der Waals surface area (Å²) in [5.74, 6) is -6.37. The van der Waals surface area contributed by atoms with Crippen molar-refractivity contribution in [3.8, 4) is 0 Å². The van der Waals surface area contributed by atoms with Gasteiger partial charge in [0.15, 0.2) is 0 Å². The van der Waals surface area contributed by atoms with Gasteiger partial charge in [-0.2, -0.15) is 26.3 Å². The van der Waals surface area contributed by atoms with E-state index in [0.717, 1.165) is 25.7 Å². The van der Waals surface area contributed by atoms with Crippen molar-refractivity contribution in [2.75, 3.05) is 32.7 Å². The third-order valence-electron chi connectivity index (χ3n) is 9.94. The molecule has 328 valence electrons. The van der Waals surface area contributed by atoms with Crippen molar-refractivity contribution >= 4 is 35.6 Å². The number of amides is 4. The molecule has 0 unspecified atom stereocenters. The number of carboxylic acids is 2. The first-order chi connectivity index (χ1) is 26.7. The fourth-order valence-corrected chi connectivity index (χ4v) is 7.03. The maximum absolute atomic E-state index is 14.1. The van der Waals surface area contributed by atoms with Crippen LogP contribution in [-0.2, 0) is 35.2 Å². The molecule has 1 aromatic rings. The van der Waals surface area contributed by atoms with Crippen molar-refractivity contribution in [1.82, 2.24) is 25.8 Å². The molecular formula is C37H53F7N6O8. The summed E-state index contributed by atoms with van der Waals surface area (Å²) in [5.41, 5.74) is 5.62. The minimum Gasteiger partial charge on any atom is -0.475 e. The molecule has 4 amide bonds. The summed E-state index contributed by atoms with van der Waals surface area (Å²) in [5, 5.41) is 23.6. The molecular weight excluding hydrogens is 789 g/mol. The molecule has 2 saturated heterocycles. The Bertz CT molecular complexity index is 1550. The van der Waals surface area contributed by atoms with Crippen molar-refractivity contribution in [2.24, 2.45) is 17.1 Å². The molecule has 2 aliphatic heterocycles. The molecule has 0 radical (unpaired) electrons. The Hall–Kier alpha value is -4.53. The number of nitrogens with one attached hydrogen (secondary N) is 3. The normalized spacial score (nSPS) is 19.8. The number of piperidine rings is 1. The van der Waals surface area contributed by atoms with Crippen LogP contribution in [0.4, 0.5) is 30.7 Å². The second kappa shape index (κ2) is 20.9. The Morgan fingerprint density at radius 1 is 0.845 bits per heavy atom. The van der Waals surface area contributed by atoms with Crippen LogP contribution in [0.25, 0.3) is 0 Å². The fraction of sp³-hybridized carbons (Fsp3) is 0.676. The Balaban J connectivity index is 0.000000707. The van der Waals surface area contributed by atoms with Gasteiger partial charge in [-0.15, -0.1) is 0 Å². The highest BCUT2D eigenvalue weighted by molar-refractivity contribution is 5.91. The van der Waals surface area contributed by atoms with Crippen molar-refractivity contribution in [2.45, 2.75) is 115 Å². The second-order valence-electron chi connectivity index (χ2n) is 15.6. The van der Waals surface area contributed by atoms with E-state index in [1.54, 1.807) is 28.9 Å². The van der Waals surface area contributed by atoms with Crippen LogP contribution in [0.5, 0.6) is 0 Å². The maximum Gasteiger partial charge on any atom is 0.490 e. The van der Waals surface area contributed by atoms with Crippen LogP contribution in [-0.4, -0.2) is 124 Å². The molecule has 3 fully saturated rings. The number of carbonyl (C=O) groups is 6. The molecule has 0 bridgehead atoms. The molecule has 7 N–H and O–H groups in total. The quantitative estimate of drug-likeness (QED) is 0.210. The fourth-order valence-electron chi connectivity index (χ4n) is 7.03. The number of rotatable bonds is 8. The molecule has 0 aromatic heterocycles. The highest BCUT2D eigenvalue weighted by atomic mass is 19.4. The van der Waals surface area contributed by atoms with Gasteiger partial charge in [-0.05, 0) is 77.0 Å². The first-order valence-electron chi connectivity index (χ1n) is 18.7. The van der Waals surface area contributed by atoms with Gasteiger partial charge in [0.1, 0.15) is 17.9 Å². The predicted molar refractivity (Wildman–Crippen MR) is 194 cm³/mol. The van der Waals surface area contributed by atoms with Gasteiger partial charge in [0.2, 0.25) is 23.6 Å². The lowest BCUT2D eigenvalue weighted by atomic mass is 9.63. The summed E-state index contributed by atoms with van der Waals surface area (Å²) in [7, 11) is 0. The van der Waals surface area contributed by atoms with E-state index in [1.807, 2.05) is 20.8 Å². The SMILES string of the molecule is C[C@H](N)C(=O)N1CCN[C@H](C(=O)N[C@H](Cc2ccc(F)cc2)C(=O)N2CCC(C(=O)NC(C)(C)C)(C3CCCCC3)CC2)C1.O=C(O)C(F)(F)F.O=C(O)C(F)(F)F. The number of hydrogen-bond donors (Lipinski definition) is 6. The lowest BCUT2D eigenvalue weighted by Crippen LogP contribution is -2.63. The molecule has 4 rings (SSSR count). The Morgan fingerprint density at radius 3 is 1.79 bits per heavy atom. The first kappa shape index (κ1) is 49.6. The van der Waals surface area contributed by atoms with Crippen molar-refractivity contribution < 1.29 is 69.7 Å². The second-order valence-corrected chi connectivity index (χ2v) is 15.6. The summed E-state index contributed by atoms with van der Waals surface area (Å²) in [4.78, 5) is 75.0. The van der Waals surface area contributed by atoms with Crippen LogP contribution in [0.2, 0.25) is 0 Å². The van der Waals surface area contributed by atoms with Gasteiger partial charge in [-0.3, -0.25) is 19.2 Å². The van der Waals surface area contributed by atoms with Crippen molar-refractivity contribution in [3.63, 3.8) is 0 Å². The van der Waals surface area contributed by atoms with Crippen LogP contribution in [0.3, 0.4) is 0 Å². The number of nitrogens with zero attached hydrogens (tertiary/aromatic N) is 2. The van der Waals surface area contributed by atoms with E-state index in [1.165, 1.54) is 18.6 Å². The average molecular weight is 843 g/mol. The number of alkyl halides is 6. The van der Waals surface area contributed by atoms with Gasteiger partial charge in [-0.25, -0.2) is 14.0 Å². The van der Waals surface area contributed by atoms with E-state index < -0.39 is 47.8 Å². The van der Waals surface area contributed by atoms with Gasteiger partial charge in [0.25, 0.3) is 0 Å². The van der Waals surface area contributed by atoms with E-state index in [0.29, 0.717) is 44.6 Å². The lowest BCUT2D eigenvalue weighted by molar-refractivity contribution is -0.193. The third kappa shape index (κ3) is 15.3. The highest BCUT2D eigenvalue weighted by Crippen LogP contribution is 2.46. The summed E-state index contributed by atoms with van der Waals surface area (Å²) >= 11 is 0. The molecule has 1 saturated carbocycles. The van der Waals surface area contributed by atoms with Crippen LogP contribution < -0.4 is 21.7 Å². The zero-order valence-corrected chi connectivity index (χ0v) is 32.8. The molecule has 21 heteroatoms. The molecule has 58 heavy (non-hydrogen) atoms. The van der Waals surface area contributed by atoms with E-state index in [9.17, 15) is 49.9 Å². The molecule has 2 heterocycles. The van der Waals surface area contributed by atoms with E-state index >= 15 is 0 Å². The smallest absolute Gasteiger partial charge is 0.475 e. The van der Waals surface area contributed by atoms with E-state index in [2.05, 4.69) is 16.0 Å². The number of carboxylic acid groups (broad SMARTS) is 2. The number of nitrogens with two attached hydrogens (primary N) is 1. The first-order valence-corrected chi connectivity index (χ1v) is 18.7.